The van der Waals surface area contributed by atoms with Crippen LogP contribution in [0.4, 0.5) is 0 Å². The van der Waals surface area contributed by atoms with Crippen LogP contribution in [-0.4, -0.2) is 23.9 Å². The zero-order chi connectivity index (χ0) is 27.5. The van der Waals surface area contributed by atoms with E-state index in [0.29, 0.717) is 43.8 Å². The highest BCUT2D eigenvalue weighted by Crippen LogP contribution is 2.67. The summed E-state index contributed by atoms with van der Waals surface area (Å²) in [6.45, 7) is 8.91. The molecule has 4 aromatic carbocycles. The number of esters is 4. The fourth-order valence-electron chi connectivity index (χ4n) is 4.97. The molecule has 8 nitrogen and oxygen atoms in total. The van der Waals surface area contributed by atoms with E-state index in [9.17, 15) is 19.2 Å². The lowest BCUT2D eigenvalue weighted by molar-refractivity contribution is -0.133. The third-order valence-electron chi connectivity index (χ3n) is 6.22. The van der Waals surface area contributed by atoms with Crippen LogP contribution in [-0.2, 0) is 19.2 Å². The van der Waals surface area contributed by atoms with E-state index >= 15 is 0 Å². The van der Waals surface area contributed by atoms with Crippen LogP contribution in [0.5, 0.6) is 23.0 Å². The zero-order valence-corrected chi connectivity index (χ0v) is 21.7. The smallest absolute Gasteiger partial charge is 0.308 e. The van der Waals surface area contributed by atoms with E-state index in [1.54, 1.807) is 12.1 Å². The van der Waals surface area contributed by atoms with Crippen LogP contribution in [0.1, 0.15) is 38.8 Å². The highest BCUT2D eigenvalue weighted by molar-refractivity contribution is 6.25. The standard InChI is InChI=1S/C30H24O8/c1-13-7-9-19-21(11-13)29(37-17(5)33)25-23(27(19)35-15(3)31)26-24(25)28(36-16(4)32)20-10-8-14(2)12-22(20)30(26)38-18(6)34/h7-12H,1-6H3. The van der Waals surface area contributed by atoms with Crippen molar-refractivity contribution in [3.05, 3.63) is 47.5 Å². The normalized spacial score (nSPS) is 11.3. The first-order valence-electron chi connectivity index (χ1n) is 11.9. The van der Waals surface area contributed by atoms with Crippen molar-refractivity contribution in [2.75, 3.05) is 0 Å². The predicted molar refractivity (Wildman–Crippen MR) is 141 cm³/mol. The average Bonchev–Trinajstić information content (AvgIpc) is 2.78. The lowest BCUT2D eigenvalue weighted by Gasteiger charge is -2.33. The maximum absolute atomic E-state index is 12.3. The van der Waals surface area contributed by atoms with E-state index in [-0.39, 0.29) is 23.0 Å². The molecule has 8 heteroatoms. The molecule has 0 radical (unpaired) electrons. The minimum Gasteiger partial charge on any atom is -0.425 e. The topological polar surface area (TPSA) is 105 Å². The van der Waals surface area contributed by atoms with Crippen LogP contribution < -0.4 is 18.9 Å². The Kier molecular flexibility index (Phi) is 5.90. The molecule has 4 aromatic rings. The lowest BCUT2D eigenvalue weighted by atomic mass is 9.74. The van der Waals surface area contributed by atoms with Crippen molar-refractivity contribution >= 4 is 45.4 Å². The predicted octanol–water partition coefficient (Wildman–Crippen LogP) is 5.96. The molecule has 192 valence electrons. The molecule has 1 aliphatic carbocycles. The van der Waals surface area contributed by atoms with Crippen LogP contribution in [0.15, 0.2) is 36.4 Å². The van der Waals surface area contributed by atoms with Gasteiger partial charge in [0, 0.05) is 71.5 Å². The number of fused-ring (bicyclic) bond motifs is 6. The second-order valence-electron chi connectivity index (χ2n) is 9.29. The van der Waals surface area contributed by atoms with E-state index in [2.05, 4.69) is 0 Å². The third kappa shape index (κ3) is 3.94. The summed E-state index contributed by atoms with van der Waals surface area (Å²) in [5.41, 5.74) is 3.42. The highest BCUT2D eigenvalue weighted by atomic mass is 16.6. The second kappa shape index (κ2) is 8.99. The van der Waals surface area contributed by atoms with Crippen LogP contribution in [0.2, 0.25) is 0 Å². The van der Waals surface area contributed by atoms with Crippen molar-refractivity contribution in [2.24, 2.45) is 0 Å². The number of carbonyl (C=O) groups excluding carboxylic acids is 4. The first-order valence-corrected chi connectivity index (χ1v) is 11.9. The summed E-state index contributed by atoms with van der Waals surface area (Å²) in [5, 5.41) is 2.12. The van der Waals surface area contributed by atoms with Gasteiger partial charge in [-0.05, 0) is 26.0 Å². The summed E-state index contributed by atoms with van der Waals surface area (Å²) in [5.74, 6) is -1.35. The zero-order valence-electron chi connectivity index (χ0n) is 21.7. The van der Waals surface area contributed by atoms with Crippen molar-refractivity contribution in [2.45, 2.75) is 41.5 Å². The number of benzene rings is 4. The first-order chi connectivity index (χ1) is 18.0. The van der Waals surface area contributed by atoms with E-state index in [4.69, 9.17) is 18.9 Å². The summed E-state index contributed by atoms with van der Waals surface area (Å²) >= 11 is 0. The van der Waals surface area contributed by atoms with E-state index in [1.165, 1.54) is 27.7 Å². The molecule has 0 amide bonds. The summed E-state index contributed by atoms with van der Waals surface area (Å²) < 4.78 is 23.0. The molecule has 38 heavy (non-hydrogen) atoms. The van der Waals surface area contributed by atoms with Crippen molar-refractivity contribution in [1.82, 2.24) is 0 Å². The van der Waals surface area contributed by atoms with Crippen molar-refractivity contribution in [3.8, 4) is 45.3 Å². The van der Waals surface area contributed by atoms with Gasteiger partial charge in [0.05, 0.1) is 0 Å². The van der Waals surface area contributed by atoms with Crippen molar-refractivity contribution in [1.29, 1.82) is 0 Å². The first kappa shape index (κ1) is 25.0. The molecular weight excluding hydrogens is 488 g/mol. The fourth-order valence-corrected chi connectivity index (χ4v) is 4.97. The molecule has 0 bridgehead atoms. The molecule has 0 fully saturated rings. The number of aryl methyl sites for hydroxylation is 2. The second-order valence-corrected chi connectivity index (χ2v) is 9.29. The molecular formula is C30H24O8. The minimum absolute atomic E-state index is 0.222. The Morgan fingerprint density at radius 2 is 0.711 bits per heavy atom. The van der Waals surface area contributed by atoms with Gasteiger partial charge in [-0.1, -0.05) is 35.4 Å². The molecule has 0 saturated heterocycles. The Morgan fingerprint density at radius 1 is 0.447 bits per heavy atom. The molecule has 0 saturated carbocycles. The fraction of sp³-hybridized carbons (Fsp3) is 0.200. The summed E-state index contributed by atoms with van der Waals surface area (Å²) in [6, 6.07) is 10.9. The molecule has 0 atom stereocenters. The summed E-state index contributed by atoms with van der Waals surface area (Å²) in [7, 11) is 0. The van der Waals surface area contributed by atoms with Gasteiger partial charge in [0.2, 0.25) is 0 Å². The number of carbonyl (C=O) groups is 4. The molecule has 0 aliphatic heterocycles. The highest BCUT2D eigenvalue weighted by Gasteiger charge is 2.42. The van der Waals surface area contributed by atoms with Gasteiger partial charge < -0.3 is 18.9 Å². The molecule has 0 unspecified atom stereocenters. The number of hydrogen-bond acceptors (Lipinski definition) is 8. The molecule has 0 heterocycles. The van der Waals surface area contributed by atoms with Gasteiger partial charge in [-0.15, -0.1) is 0 Å². The number of hydrogen-bond donors (Lipinski definition) is 0. The van der Waals surface area contributed by atoms with Gasteiger partial charge >= 0.3 is 23.9 Å². The Labute approximate surface area is 218 Å². The maximum Gasteiger partial charge on any atom is 0.308 e. The number of ether oxygens (including phenoxy) is 4. The van der Waals surface area contributed by atoms with Crippen molar-refractivity contribution in [3.63, 3.8) is 0 Å². The Morgan fingerprint density at radius 3 is 0.974 bits per heavy atom. The van der Waals surface area contributed by atoms with Gasteiger partial charge in [-0.2, -0.15) is 0 Å². The van der Waals surface area contributed by atoms with Crippen LogP contribution >= 0.6 is 0 Å². The average molecular weight is 513 g/mol. The summed E-state index contributed by atoms with van der Waals surface area (Å²) in [6.07, 6.45) is 0. The largest absolute Gasteiger partial charge is 0.425 e. The van der Waals surface area contributed by atoms with Crippen molar-refractivity contribution < 1.29 is 38.1 Å². The van der Waals surface area contributed by atoms with Gasteiger partial charge in [0.1, 0.15) is 23.0 Å². The minimum atomic E-state index is -0.561. The third-order valence-corrected chi connectivity index (χ3v) is 6.22. The van der Waals surface area contributed by atoms with Gasteiger partial charge in [0.25, 0.3) is 0 Å². The maximum atomic E-state index is 12.3. The van der Waals surface area contributed by atoms with Gasteiger partial charge in [0.15, 0.2) is 0 Å². The van der Waals surface area contributed by atoms with Crippen LogP contribution in [0, 0.1) is 13.8 Å². The Bertz CT molecular complexity index is 1600. The van der Waals surface area contributed by atoms with Crippen LogP contribution in [0.25, 0.3) is 43.8 Å². The molecule has 0 aromatic heterocycles. The van der Waals surface area contributed by atoms with E-state index < -0.39 is 23.9 Å². The monoisotopic (exact) mass is 512 g/mol. The Hall–Kier alpha value is -4.72. The van der Waals surface area contributed by atoms with Gasteiger partial charge in [-0.3, -0.25) is 19.2 Å². The molecule has 5 rings (SSSR count). The molecule has 1 aliphatic rings. The van der Waals surface area contributed by atoms with E-state index in [0.717, 1.165) is 11.1 Å². The lowest BCUT2D eigenvalue weighted by Crippen LogP contribution is -2.16. The SMILES string of the molecule is CC(=O)Oc1c2c(c(OC(C)=O)c3cc(C)ccc13)-c1c-2c(OC(C)=O)c2cc(C)ccc2c1OC(C)=O. The van der Waals surface area contributed by atoms with Crippen LogP contribution in [0.3, 0.4) is 0 Å². The molecule has 0 spiro atoms. The number of rotatable bonds is 4. The summed E-state index contributed by atoms with van der Waals surface area (Å²) in [4.78, 5) is 49.0. The molecule has 0 N–H and O–H groups in total. The quantitative estimate of drug-likeness (QED) is 0.215. The van der Waals surface area contributed by atoms with E-state index in [1.807, 2.05) is 38.1 Å². The van der Waals surface area contributed by atoms with Gasteiger partial charge in [-0.25, -0.2) is 0 Å². The Balaban J connectivity index is 2.03.